The first-order valence-corrected chi connectivity index (χ1v) is 7.89. The van der Waals surface area contributed by atoms with Crippen LogP contribution in [0.2, 0.25) is 0 Å². The maximum absolute atomic E-state index is 12.5. The van der Waals surface area contributed by atoms with Gasteiger partial charge in [-0.2, -0.15) is 18.3 Å². The molecule has 0 saturated heterocycles. The van der Waals surface area contributed by atoms with Crippen LogP contribution in [0.25, 0.3) is 11.3 Å². The molecule has 128 valence electrons. The molecule has 0 aliphatic carbocycles. The Morgan fingerprint density at radius 2 is 1.96 bits per heavy atom. The van der Waals surface area contributed by atoms with Gasteiger partial charge in [0, 0.05) is 16.2 Å². The number of pyridine rings is 1. The van der Waals surface area contributed by atoms with Crippen LogP contribution in [0.5, 0.6) is 0 Å². The maximum atomic E-state index is 12.5. The lowest BCUT2D eigenvalue weighted by Crippen LogP contribution is -2.05. The molecule has 1 aromatic carbocycles. The summed E-state index contributed by atoms with van der Waals surface area (Å²) in [5, 5.41) is 3.91. The molecule has 0 spiro atoms. The van der Waals surface area contributed by atoms with Crippen molar-refractivity contribution in [3.63, 3.8) is 0 Å². The van der Waals surface area contributed by atoms with Crippen LogP contribution >= 0.6 is 15.9 Å². The van der Waals surface area contributed by atoms with E-state index in [1.165, 1.54) is 12.3 Å². The minimum Gasteiger partial charge on any atom is -0.455 e. The zero-order valence-electron chi connectivity index (χ0n) is 12.6. The summed E-state index contributed by atoms with van der Waals surface area (Å²) in [5.41, 5.74) is 2.65. The van der Waals surface area contributed by atoms with Crippen molar-refractivity contribution >= 4 is 28.0 Å². The number of halogens is 4. The fourth-order valence-corrected chi connectivity index (χ4v) is 2.41. The van der Waals surface area contributed by atoms with Gasteiger partial charge in [0.1, 0.15) is 17.3 Å². The summed E-state index contributed by atoms with van der Waals surface area (Å²) in [6, 6.07) is 13.3. The van der Waals surface area contributed by atoms with Crippen LogP contribution in [0, 0.1) is 0 Å². The number of anilines is 1. The molecule has 0 atom stereocenters. The first-order chi connectivity index (χ1) is 11.9. The van der Waals surface area contributed by atoms with Gasteiger partial charge in [-0.3, -0.25) is 5.43 Å². The Morgan fingerprint density at radius 3 is 2.64 bits per heavy atom. The predicted octanol–water partition coefficient (Wildman–Crippen LogP) is 5.57. The molecule has 3 aromatic rings. The SMILES string of the molecule is FC(F)(F)c1ccc(N/N=C\c2ccc(-c3cccc(Br)c3)o2)nc1. The van der Waals surface area contributed by atoms with Crippen molar-refractivity contribution in [2.24, 2.45) is 5.10 Å². The number of hydrogen-bond acceptors (Lipinski definition) is 4. The van der Waals surface area contributed by atoms with E-state index in [9.17, 15) is 13.2 Å². The molecule has 3 rings (SSSR count). The number of hydrogen-bond donors (Lipinski definition) is 1. The molecule has 1 N–H and O–H groups in total. The van der Waals surface area contributed by atoms with Crippen LogP contribution in [-0.4, -0.2) is 11.2 Å². The van der Waals surface area contributed by atoms with Crippen molar-refractivity contribution in [1.82, 2.24) is 4.98 Å². The second kappa shape index (κ2) is 7.10. The van der Waals surface area contributed by atoms with Gasteiger partial charge in [0.25, 0.3) is 0 Å². The topological polar surface area (TPSA) is 50.4 Å². The zero-order chi connectivity index (χ0) is 17.9. The van der Waals surface area contributed by atoms with E-state index in [0.717, 1.165) is 22.3 Å². The molecule has 0 amide bonds. The summed E-state index contributed by atoms with van der Waals surface area (Å²) in [5.74, 6) is 1.37. The first kappa shape index (κ1) is 17.2. The minimum atomic E-state index is -4.41. The summed E-state index contributed by atoms with van der Waals surface area (Å²) in [4.78, 5) is 3.66. The highest BCUT2D eigenvalue weighted by atomic mass is 79.9. The smallest absolute Gasteiger partial charge is 0.417 e. The third-order valence-corrected chi connectivity index (χ3v) is 3.69. The Balaban J connectivity index is 1.65. The molecule has 0 saturated carbocycles. The normalized spacial score (nSPS) is 11.8. The van der Waals surface area contributed by atoms with Crippen LogP contribution in [0.4, 0.5) is 19.0 Å². The third-order valence-electron chi connectivity index (χ3n) is 3.20. The summed E-state index contributed by atoms with van der Waals surface area (Å²) >= 11 is 3.40. The van der Waals surface area contributed by atoms with Crippen LogP contribution in [0.3, 0.4) is 0 Å². The van der Waals surface area contributed by atoms with Gasteiger partial charge in [0.15, 0.2) is 0 Å². The molecule has 0 aliphatic rings. The van der Waals surface area contributed by atoms with Gasteiger partial charge in [-0.1, -0.05) is 28.1 Å². The number of furan rings is 1. The van der Waals surface area contributed by atoms with Gasteiger partial charge in [-0.15, -0.1) is 0 Å². The zero-order valence-corrected chi connectivity index (χ0v) is 14.2. The molecule has 0 radical (unpaired) electrons. The average Bonchev–Trinajstić information content (AvgIpc) is 3.03. The van der Waals surface area contributed by atoms with E-state index in [0.29, 0.717) is 11.5 Å². The first-order valence-electron chi connectivity index (χ1n) is 7.10. The van der Waals surface area contributed by atoms with E-state index in [1.807, 2.05) is 24.3 Å². The van der Waals surface area contributed by atoms with Gasteiger partial charge in [0.2, 0.25) is 0 Å². The lowest BCUT2D eigenvalue weighted by molar-refractivity contribution is -0.137. The number of benzene rings is 1. The fraction of sp³-hybridized carbons (Fsp3) is 0.0588. The number of alkyl halides is 3. The largest absolute Gasteiger partial charge is 0.455 e. The maximum Gasteiger partial charge on any atom is 0.417 e. The molecule has 2 heterocycles. The molecular formula is C17H11BrF3N3O. The Kier molecular flexibility index (Phi) is 4.89. The highest BCUT2D eigenvalue weighted by Crippen LogP contribution is 2.29. The molecule has 0 fully saturated rings. The molecular weight excluding hydrogens is 399 g/mol. The van der Waals surface area contributed by atoms with Crippen molar-refractivity contribution in [2.75, 3.05) is 5.43 Å². The van der Waals surface area contributed by atoms with Crippen molar-refractivity contribution < 1.29 is 17.6 Å². The van der Waals surface area contributed by atoms with E-state index < -0.39 is 11.7 Å². The lowest BCUT2D eigenvalue weighted by Gasteiger charge is -2.06. The van der Waals surface area contributed by atoms with Crippen molar-refractivity contribution in [1.29, 1.82) is 0 Å². The van der Waals surface area contributed by atoms with Gasteiger partial charge >= 0.3 is 6.18 Å². The number of rotatable bonds is 4. The molecule has 0 aliphatic heterocycles. The van der Waals surface area contributed by atoms with E-state index in [2.05, 4.69) is 31.4 Å². The van der Waals surface area contributed by atoms with Crippen molar-refractivity contribution in [2.45, 2.75) is 6.18 Å². The van der Waals surface area contributed by atoms with E-state index >= 15 is 0 Å². The summed E-state index contributed by atoms with van der Waals surface area (Å²) in [6.07, 6.45) is -2.25. The van der Waals surface area contributed by atoms with Gasteiger partial charge in [-0.25, -0.2) is 4.98 Å². The Morgan fingerprint density at radius 1 is 1.12 bits per heavy atom. The van der Waals surface area contributed by atoms with Crippen molar-refractivity contribution in [3.8, 4) is 11.3 Å². The molecule has 0 unspecified atom stereocenters. The van der Waals surface area contributed by atoms with Crippen molar-refractivity contribution in [3.05, 3.63) is 70.5 Å². The Hall–Kier alpha value is -2.61. The second-order valence-corrected chi connectivity index (χ2v) is 5.93. The highest BCUT2D eigenvalue weighted by molar-refractivity contribution is 9.10. The average molecular weight is 410 g/mol. The number of hydrazone groups is 1. The number of aromatic nitrogens is 1. The van der Waals surface area contributed by atoms with Gasteiger partial charge < -0.3 is 4.42 Å². The molecule has 2 aromatic heterocycles. The van der Waals surface area contributed by atoms with Gasteiger partial charge in [-0.05, 0) is 36.4 Å². The number of nitrogens with zero attached hydrogens (tertiary/aromatic N) is 2. The standard InChI is InChI=1S/C17H11BrF3N3O/c18-13-3-1-2-11(8-13)15-6-5-14(25-15)10-23-24-16-7-4-12(9-22-16)17(19,20)21/h1-10H,(H,22,24)/b23-10-. The highest BCUT2D eigenvalue weighted by Gasteiger charge is 2.30. The summed E-state index contributed by atoms with van der Waals surface area (Å²) in [6.45, 7) is 0. The third kappa shape index (κ3) is 4.48. The van der Waals surface area contributed by atoms with Crippen LogP contribution in [-0.2, 0) is 6.18 Å². The van der Waals surface area contributed by atoms with E-state index in [-0.39, 0.29) is 5.82 Å². The quantitative estimate of drug-likeness (QED) is 0.452. The predicted molar refractivity (Wildman–Crippen MR) is 92.3 cm³/mol. The van der Waals surface area contributed by atoms with E-state index in [1.54, 1.807) is 12.1 Å². The molecule has 0 bridgehead atoms. The summed E-state index contributed by atoms with van der Waals surface area (Å²) in [7, 11) is 0. The van der Waals surface area contributed by atoms with Crippen LogP contribution in [0.15, 0.2) is 68.7 Å². The monoisotopic (exact) mass is 409 g/mol. The summed E-state index contributed by atoms with van der Waals surface area (Å²) < 4.78 is 43.9. The van der Waals surface area contributed by atoms with Crippen LogP contribution < -0.4 is 5.43 Å². The Bertz CT molecular complexity index is 889. The van der Waals surface area contributed by atoms with E-state index in [4.69, 9.17) is 4.42 Å². The second-order valence-electron chi connectivity index (χ2n) is 5.01. The minimum absolute atomic E-state index is 0.197. The molecule has 25 heavy (non-hydrogen) atoms. The fourth-order valence-electron chi connectivity index (χ4n) is 2.01. The lowest BCUT2D eigenvalue weighted by atomic mass is 10.2. The molecule has 8 heteroatoms. The van der Waals surface area contributed by atoms with Gasteiger partial charge in [0.05, 0.1) is 11.8 Å². The van der Waals surface area contributed by atoms with Crippen LogP contribution in [0.1, 0.15) is 11.3 Å². The number of nitrogens with one attached hydrogen (secondary N) is 1. The molecule has 4 nitrogen and oxygen atoms in total. The Labute approximate surface area is 149 Å².